The average molecular weight is 259 g/mol. The average Bonchev–Trinajstić information content (AvgIpc) is 2.19. The zero-order chi connectivity index (χ0) is 10.9. The fourth-order valence-electron chi connectivity index (χ4n) is 0.802. The molecule has 0 spiro atoms. The molecule has 0 atom stereocenters. The second-order valence-electron chi connectivity index (χ2n) is 3.10. The molecule has 0 N–H and O–H groups in total. The van der Waals surface area contributed by atoms with Crippen LogP contribution in [-0.4, -0.2) is 18.8 Å². The van der Waals surface area contributed by atoms with Crippen LogP contribution < -0.4 is 0 Å². The molecule has 0 aliphatic heterocycles. The first-order chi connectivity index (χ1) is 6.68. The molecule has 0 aromatic carbocycles. The highest BCUT2D eigenvalue weighted by molar-refractivity contribution is 8.10. The molecule has 0 aliphatic carbocycles. The van der Waals surface area contributed by atoms with Crippen LogP contribution >= 0.6 is 18.1 Å². The highest BCUT2D eigenvalue weighted by atomic mass is 35.5. The SMILES string of the molecule is CCCCOP(=S)(CCl)OCCCC. The summed E-state index contributed by atoms with van der Waals surface area (Å²) in [5.41, 5.74) is 0.315. The summed E-state index contributed by atoms with van der Waals surface area (Å²) in [7, 11) is 0. The molecule has 0 rings (SSSR count). The third kappa shape index (κ3) is 7.19. The molecular weight excluding hydrogens is 239 g/mol. The molecule has 0 saturated heterocycles. The lowest BCUT2D eigenvalue weighted by molar-refractivity contribution is 0.243. The molecule has 0 aromatic heterocycles. The monoisotopic (exact) mass is 258 g/mol. The minimum atomic E-state index is -2.16. The Labute approximate surface area is 97.5 Å². The van der Waals surface area contributed by atoms with E-state index < -0.39 is 6.49 Å². The second kappa shape index (κ2) is 9.11. The van der Waals surface area contributed by atoms with E-state index in [2.05, 4.69) is 13.8 Å². The summed E-state index contributed by atoms with van der Waals surface area (Å²) < 4.78 is 11.1. The Morgan fingerprint density at radius 3 is 1.79 bits per heavy atom. The van der Waals surface area contributed by atoms with Crippen LogP contribution in [0.15, 0.2) is 0 Å². The van der Waals surface area contributed by atoms with Crippen LogP contribution in [0.5, 0.6) is 0 Å². The summed E-state index contributed by atoms with van der Waals surface area (Å²) in [6.07, 6.45) is 4.25. The quantitative estimate of drug-likeness (QED) is 0.352. The Morgan fingerprint density at radius 2 is 1.50 bits per heavy atom. The maximum absolute atomic E-state index is 5.76. The number of halogens is 1. The summed E-state index contributed by atoms with van der Waals surface area (Å²) in [5, 5.41) is 0. The van der Waals surface area contributed by atoms with Gasteiger partial charge in [-0.2, -0.15) is 0 Å². The molecule has 0 unspecified atom stereocenters. The summed E-state index contributed by atoms with van der Waals surface area (Å²) in [5.74, 6) is 0. The number of rotatable bonds is 9. The smallest absolute Gasteiger partial charge is 0.203 e. The number of unbranched alkanes of at least 4 members (excludes halogenated alkanes) is 2. The maximum Gasteiger partial charge on any atom is 0.203 e. The van der Waals surface area contributed by atoms with Crippen molar-refractivity contribution in [3.05, 3.63) is 0 Å². The maximum atomic E-state index is 5.76. The van der Waals surface area contributed by atoms with Gasteiger partial charge in [0, 0.05) is 0 Å². The van der Waals surface area contributed by atoms with Gasteiger partial charge in [0.15, 0.2) is 0 Å². The lowest BCUT2D eigenvalue weighted by atomic mass is 10.4. The van der Waals surface area contributed by atoms with E-state index in [0.29, 0.717) is 18.8 Å². The fourth-order valence-corrected chi connectivity index (χ4v) is 2.69. The van der Waals surface area contributed by atoms with Crippen molar-refractivity contribution in [1.29, 1.82) is 0 Å². The van der Waals surface area contributed by atoms with Crippen LogP contribution in [0.2, 0.25) is 0 Å². The lowest BCUT2D eigenvalue weighted by Crippen LogP contribution is -1.99. The van der Waals surface area contributed by atoms with Gasteiger partial charge in [-0.05, 0) is 24.6 Å². The van der Waals surface area contributed by atoms with Gasteiger partial charge in [-0.25, -0.2) is 0 Å². The molecule has 0 amide bonds. The molecule has 0 aromatic rings. The molecule has 0 radical (unpaired) electrons. The Bertz CT molecular complexity index is 164. The van der Waals surface area contributed by atoms with E-state index in [0.717, 1.165) is 25.7 Å². The van der Waals surface area contributed by atoms with Gasteiger partial charge in [0.05, 0.1) is 18.8 Å². The molecule has 86 valence electrons. The first-order valence-corrected chi connectivity index (χ1v) is 8.48. The van der Waals surface area contributed by atoms with E-state index in [9.17, 15) is 0 Å². The van der Waals surface area contributed by atoms with Crippen molar-refractivity contribution >= 4 is 29.9 Å². The molecule has 14 heavy (non-hydrogen) atoms. The zero-order valence-corrected chi connectivity index (χ0v) is 11.5. The third-order valence-corrected chi connectivity index (χ3v) is 5.55. The molecular formula is C9H20ClO2PS. The van der Waals surface area contributed by atoms with Crippen molar-refractivity contribution in [2.24, 2.45) is 0 Å². The van der Waals surface area contributed by atoms with E-state index >= 15 is 0 Å². The van der Waals surface area contributed by atoms with Gasteiger partial charge < -0.3 is 9.05 Å². The van der Waals surface area contributed by atoms with Crippen LogP contribution in [0.3, 0.4) is 0 Å². The molecule has 0 bridgehead atoms. The van der Waals surface area contributed by atoms with Crippen molar-refractivity contribution in [3.8, 4) is 0 Å². The Morgan fingerprint density at radius 1 is 1.07 bits per heavy atom. The summed E-state index contributed by atoms with van der Waals surface area (Å²) >= 11 is 11.0. The number of alkyl halides is 1. The minimum absolute atomic E-state index is 0.315. The van der Waals surface area contributed by atoms with Gasteiger partial charge in [-0.3, -0.25) is 0 Å². The topological polar surface area (TPSA) is 18.5 Å². The van der Waals surface area contributed by atoms with Crippen molar-refractivity contribution in [3.63, 3.8) is 0 Å². The van der Waals surface area contributed by atoms with Gasteiger partial charge >= 0.3 is 0 Å². The van der Waals surface area contributed by atoms with E-state index in [1.54, 1.807) is 0 Å². The zero-order valence-electron chi connectivity index (χ0n) is 9.00. The fraction of sp³-hybridized carbons (Fsp3) is 1.00. The van der Waals surface area contributed by atoms with Crippen LogP contribution in [0.25, 0.3) is 0 Å². The number of hydrogen-bond donors (Lipinski definition) is 0. The van der Waals surface area contributed by atoms with Crippen LogP contribution in [-0.2, 0) is 20.9 Å². The van der Waals surface area contributed by atoms with Gasteiger partial charge in [0.2, 0.25) is 6.49 Å². The first-order valence-electron chi connectivity index (χ1n) is 5.12. The largest absolute Gasteiger partial charge is 0.328 e. The normalized spacial score (nSPS) is 11.9. The number of hydrogen-bond acceptors (Lipinski definition) is 3. The van der Waals surface area contributed by atoms with E-state index in [1.165, 1.54) is 0 Å². The van der Waals surface area contributed by atoms with Gasteiger partial charge in [-0.1, -0.05) is 26.7 Å². The lowest BCUT2D eigenvalue weighted by Gasteiger charge is -2.19. The van der Waals surface area contributed by atoms with Gasteiger partial charge in [-0.15, -0.1) is 11.6 Å². The van der Waals surface area contributed by atoms with Crippen molar-refractivity contribution in [2.45, 2.75) is 39.5 Å². The Kier molecular flexibility index (Phi) is 9.67. The summed E-state index contributed by atoms with van der Waals surface area (Å²) in [6.45, 7) is 3.42. The van der Waals surface area contributed by atoms with Crippen LogP contribution in [0.4, 0.5) is 0 Å². The highest BCUT2D eigenvalue weighted by Gasteiger charge is 2.16. The van der Waals surface area contributed by atoms with E-state index in [1.807, 2.05) is 0 Å². The van der Waals surface area contributed by atoms with Gasteiger partial charge in [0.25, 0.3) is 0 Å². The van der Waals surface area contributed by atoms with Crippen LogP contribution in [0.1, 0.15) is 39.5 Å². The predicted molar refractivity (Wildman–Crippen MR) is 66.7 cm³/mol. The first kappa shape index (κ1) is 14.9. The van der Waals surface area contributed by atoms with Crippen molar-refractivity contribution < 1.29 is 9.05 Å². The van der Waals surface area contributed by atoms with Crippen molar-refractivity contribution in [1.82, 2.24) is 0 Å². The van der Waals surface area contributed by atoms with Gasteiger partial charge in [0.1, 0.15) is 0 Å². The molecule has 0 fully saturated rings. The van der Waals surface area contributed by atoms with E-state index in [-0.39, 0.29) is 0 Å². The molecule has 0 heterocycles. The van der Waals surface area contributed by atoms with Crippen LogP contribution in [0, 0.1) is 0 Å². The Hall–Kier alpha value is 0.860. The minimum Gasteiger partial charge on any atom is -0.328 e. The van der Waals surface area contributed by atoms with E-state index in [4.69, 9.17) is 32.5 Å². The summed E-state index contributed by atoms with van der Waals surface area (Å²) in [4.78, 5) is 0. The molecule has 2 nitrogen and oxygen atoms in total. The summed E-state index contributed by atoms with van der Waals surface area (Å²) in [6, 6.07) is 0. The molecule has 5 heteroatoms. The standard InChI is InChI=1S/C9H20ClO2PS/c1-3-5-7-11-13(14,9-10)12-8-6-4-2/h3-9H2,1-2H3. The molecule has 0 saturated carbocycles. The second-order valence-corrected chi connectivity index (χ2v) is 7.47. The Balaban J connectivity index is 3.74. The van der Waals surface area contributed by atoms with Crippen molar-refractivity contribution in [2.75, 3.05) is 18.8 Å². The predicted octanol–water partition coefficient (Wildman–Crippen LogP) is 4.13. The highest BCUT2D eigenvalue weighted by Crippen LogP contribution is 2.49. The molecule has 0 aliphatic rings. The third-order valence-electron chi connectivity index (χ3n) is 1.72.